The van der Waals surface area contributed by atoms with Gasteiger partial charge >= 0.3 is 0 Å². The molecule has 1 aromatic carbocycles. The van der Waals surface area contributed by atoms with E-state index < -0.39 is 0 Å². The summed E-state index contributed by atoms with van der Waals surface area (Å²) in [4.78, 5) is 21.1. The molecule has 3 aromatic heterocycles. The second kappa shape index (κ2) is 9.25. The second-order valence-corrected chi connectivity index (χ2v) is 10.5. The third-order valence-electron chi connectivity index (χ3n) is 4.89. The molecule has 7 nitrogen and oxygen atoms in total. The SMILES string of the molecule is O=c1[nH]c(CSc2nnc(NCC3CCCO3)s2)nc2scc(-c3ccc(Cl)cc3)c12. The summed E-state index contributed by atoms with van der Waals surface area (Å²) in [5.74, 6) is 1.13. The highest BCUT2D eigenvalue weighted by atomic mass is 35.5. The zero-order chi connectivity index (χ0) is 21.2. The Labute approximate surface area is 195 Å². The number of aromatic amines is 1. The number of nitrogens with one attached hydrogen (secondary N) is 2. The summed E-state index contributed by atoms with van der Waals surface area (Å²) in [6.45, 7) is 1.59. The van der Waals surface area contributed by atoms with Crippen molar-refractivity contribution in [3.63, 3.8) is 0 Å². The fourth-order valence-corrected chi connectivity index (χ4v) is 6.10. The van der Waals surface area contributed by atoms with Gasteiger partial charge in [-0.1, -0.05) is 46.8 Å². The maximum absolute atomic E-state index is 12.8. The molecule has 0 amide bonds. The van der Waals surface area contributed by atoms with Crippen LogP contribution in [0.15, 0.2) is 38.8 Å². The van der Waals surface area contributed by atoms with Crippen molar-refractivity contribution in [2.75, 3.05) is 18.5 Å². The van der Waals surface area contributed by atoms with Gasteiger partial charge < -0.3 is 15.0 Å². The molecule has 2 N–H and O–H groups in total. The van der Waals surface area contributed by atoms with Gasteiger partial charge in [0, 0.05) is 29.1 Å². The molecule has 1 aliphatic heterocycles. The highest BCUT2D eigenvalue weighted by molar-refractivity contribution is 8.00. The van der Waals surface area contributed by atoms with Crippen molar-refractivity contribution in [2.45, 2.75) is 29.0 Å². The van der Waals surface area contributed by atoms with Gasteiger partial charge in [0.1, 0.15) is 10.7 Å². The third-order valence-corrected chi connectivity index (χ3v) is 8.04. The summed E-state index contributed by atoms with van der Waals surface area (Å²) in [6.07, 6.45) is 2.45. The second-order valence-electron chi connectivity index (χ2n) is 7.03. The lowest BCUT2D eigenvalue weighted by atomic mass is 10.1. The monoisotopic (exact) mass is 491 g/mol. The lowest BCUT2D eigenvalue weighted by Crippen LogP contribution is -2.18. The number of halogens is 1. The number of H-pyrrole nitrogens is 1. The number of anilines is 1. The van der Waals surface area contributed by atoms with Gasteiger partial charge in [0.25, 0.3) is 5.56 Å². The van der Waals surface area contributed by atoms with Crippen LogP contribution in [-0.4, -0.2) is 39.4 Å². The van der Waals surface area contributed by atoms with Crippen LogP contribution in [0.3, 0.4) is 0 Å². The van der Waals surface area contributed by atoms with Crippen molar-refractivity contribution in [3.8, 4) is 11.1 Å². The number of thioether (sulfide) groups is 1. The van der Waals surface area contributed by atoms with Crippen molar-refractivity contribution in [1.29, 1.82) is 0 Å². The lowest BCUT2D eigenvalue weighted by molar-refractivity contribution is 0.120. The van der Waals surface area contributed by atoms with E-state index in [4.69, 9.17) is 16.3 Å². The summed E-state index contributed by atoms with van der Waals surface area (Å²) >= 11 is 10.4. The average molecular weight is 492 g/mol. The maximum Gasteiger partial charge on any atom is 0.260 e. The summed E-state index contributed by atoms with van der Waals surface area (Å²) in [5.41, 5.74) is 1.68. The van der Waals surface area contributed by atoms with Crippen molar-refractivity contribution >= 4 is 61.4 Å². The normalized spacial score (nSPS) is 16.2. The van der Waals surface area contributed by atoms with Crippen LogP contribution < -0.4 is 10.9 Å². The number of fused-ring (bicyclic) bond motifs is 1. The van der Waals surface area contributed by atoms with Crippen LogP contribution in [-0.2, 0) is 10.5 Å². The number of thiophene rings is 1. The fraction of sp³-hybridized carbons (Fsp3) is 0.300. The molecular weight excluding hydrogens is 474 g/mol. The summed E-state index contributed by atoms with van der Waals surface area (Å²) in [5, 5.41) is 15.7. The van der Waals surface area contributed by atoms with E-state index in [1.807, 2.05) is 29.6 Å². The predicted octanol–water partition coefficient (Wildman–Crippen LogP) is 5.04. The largest absolute Gasteiger partial charge is 0.376 e. The molecule has 31 heavy (non-hydrogen) atoms. The van der Waals surface area contributed by atoms with E-state index in [0.717, 1.165) is 51.4 Å². The predicted molar refractivity (Wildman–Crippen MR) is 128 cm³/mol. The Bertz CT molecular complexity index is 1250. The third kappa shape index (κ3) is 4.78. The maximum atomic E-state index is 12.8. The molecule has 160 valence electrons. The minimum atomic E-state index is -0.136. The number of nitrogens with zero attached hydrogens (tertiary/aromatic N) is 3. The van der Waals surface area contributed by atoms with Gasteiger partial charge in [-0.3, -0.25) is 4.79 Å². The standard InChI is InChI=1S/C20H18ClN5O2S3/c21-12-5-3-11(4-6-12)14-9-29-18-16(14)17(27)23-15(24-18)10-30-20-26-25-19(31-20)22-8-13-2-1-7-28-13/h3-6,9,13H,1-2,7-8,10H2,(H,22,25)(H,23,24,27). The Morgan fingerprint density at radius 2 is 2.16 bits per heavy atom. The highest BCUT2D eigenvalue weighted by Gasteiger charge is 2.16. The van der Waals surface area contributed by atoms with Crippen molar-refractivity contribution in [1.82, 2.24) is 20.2 Å². The minimum absolute atomic E-state index is 0.136. The number of rotatable bonds is 7. The van der Waals surface area contributed by atoms with E-state index in [2.05, 4.69) is 25.5 Å². The molecule has 0 spiro atoms. The Morgan fingerprint density at radius 3 is 2.97 bits per heavy atom. The number of benzene rings is 1. The van der Waals surface area contributed by atoms with E-state index >= 15 is 0 Å². The summed E-state index contributed by atoms with van der Waals surface area (Å²) < 4.78 is 6.43. The number of aromatic nitrogens is 4. The first-order valence-electron chi connectivity index (χ1n) is 9.74. The molecule has 0 aliphatic carbocycles. The smallest absolute Gasteiger partial charge is 0.260 e. The van der Waals surface area contributed by atoms with Crippen LogP contribution >= 0.6 is 46.0 Å². The molecule has 1 saturated heterocycles. The van der Waals surface area contributed by atoms with Gasteiger partial charge in [0.2, 0.25) is 5.13 Å². The molecule has 0 saturated carbocycles. The molecule has 4 heterocycles. The first kappa shape index (κ1) is 20.9. The molecule has 4 aromatic rings. The zero-order valence-electron chi connectivity index (χ0n) is 16.3. The van der Waals surface area contributed by atoms with Crippen LogP contribution in [0.5, 0.6) is 0 Å². The molecule has 0 bridgehead atoms. The van der Waals surface area contributed by atoms with Crippen LogP contribution in [0.2, 0.25) is 5.02 Å². The van der Waals surface area contributed by atoms with E-state index in [-0.39, 0.29) is 11.7 Å². The van der Waals surface area contributed by atoms with Gasteiger partial charge in [0.15, 0.2) is 4.34 Å². The first-order valence-corrected chi connectivity index (χ1v) is 12.8. The molecule has 1 unspecified atom stereocenters. The zero-order valence-corrected chi connectivity index (χ0v) is 19.5. The number of ether oxygens (including phenoxy) is 1. The lowest BCUT2D eigenvalue weighted by Gasteiger charge is -2.08. The molecule has 5 rings (SSSR count). The Balaban J connectivity index is 1.27. The van der Waals surface area contributed by atoms with Gasteiger partial charge in [-0.2, -0.15) is 0 Å². The van der Waals surface area contributed by atoms with Gasteiger partial charge in [-0.05, 0) is 30.5 Å². The van der Waals surface area contributed by atoms with Gasteiger partial charge in [0.05, 0.1) is 17.2 Å². The van der Waals surface area contributed by atoms with E-state index in [1.54, 1.807) is 0 Å². The van der Waals surface area contributed by atoms with Crippen LogP contribution in [0.25, 0.3) is 21.3 Å². The molecule has 11 heteroatoms. The topological polar surface area (TPSA) is 92.8 Å². The molecule has 1 atom stereocenters. The Kier molecular flexibility index (Phi) is 6.24. The Morgan fingerprint density at radius 1 is 1.29 bits per heavy atom. The van der Waals surface area contributed by atoms with Crippen molar-refractivity contribution in [2.24, 2.45) is 0 Å². The van der Waals surface area contributed by atoms with E-state index in [1.165, 1.54) is 34.4 Å². The van der Waals surface area contributed by atoms with E-state index in [9.17, 15) is 4.79 Å². The van der Waals surface area contributed by atoms with Crippen LogP contribution in [0.1, 0.15) is 18.7 Å². The van der Waals surface area contributed by atoms with Crippen LogP contribution in [0, 0.1) is 0 Å². The minimum Gasteiger partial charge on any atom is -0.376 e. The molecule has 1 fully saturated rings. The summed E-state index contributed by atoms with van der Waals surface area (Å²) in [7, 11) is 0. The van der Waals surface area contributed by atoms with Crippen LogP contribution in [0.4, 0.5) is 5.13 Å². The highest BCUT2D eigenvalue weighted by Crippen LogP contribution is 2.32. The number of hydrogen-bond donors (Lipinski definition) is 2. The summed E-state index contributed by atoms with van der Waals surface area (Å²) in [6, 6.07) is 7.46. The Hall–Kier alpha value is -1.98. The average Bonchev–Trinajstić information content (AvgIpc) is 3.52. The quantitative estimate of drug-likeness (QED) is 0.350. The number of hydrogen-bond acceptors (Lipinski definition) is 9. The molecule has 0 radical (unpaired) electrons. The van der Waals surface area contributed by atoms with Crippen molar-refractivity contribution in [3.05, 3.63) is 50.8 Å². The van der Waals surface area contributed by atoms with Gasteiger partial charge in [-0.25, -0.2) is 4.98 Å². The molecular formula is C20H18ClN5O2S3. The fourth-order valence-electron chi connectivity index (χ4n) is 3.38. The first-order chi connectivity index (χ1) is 15.2. The molecule has 1 aliphatic rings. The van der Waals surface area contributed by atoms with Crippen molar-refractivity contribution < 1.29 is 4.74 Å². The van der Waals surface area contributed by atoms with E-state index in [0.29, 0.717) is 22.0 Å². The van der Waals surface area contributed by atoms with Gasteiger partial charge in [-0.15, -0.1) is 21.5 Å².